The predicted molar refractivity (Wildman–Crippen MR) is 67.0 cm³/mol. The van der Waals surface area contributed by atoms with Gasteiger partial charge in [-0.2, -0.15) is 13.5 Å². The Bertz CT molecular complexity index is 393. The van der Waals surface area contributed by atoms with Crippen LogP contribution in [0.15, 0.2) is 54.6 Å². The summed E-state index contributed by atoms with van der Waals surface area (Å²) in [4.78, 5) is 0. The summed E-state index contributed by atoms with van der Waals surface area (Å²) < 4.78 is 0. The van der Waals surface area contributed by atoms with Crippen LogP contribution in [-0.2, 0) is 0 Å². The van der Waals surface area contributed by atoms with Crippen molar-refractivity contribution in [3.63, 3.8) is 0 Å². The van der Waals surface area contributed by atoms with Crippen molar-refractivity contribution < 1.29 is 0 Å². The molecule has 2 aromatic rings. The lowest BCUT2D eigenvalue weighted by molar-refractivity contribution is 1.46. The van der Waals surface area contributed by atoms with Crippen molar-refractivity contribution in [1.29, 1.82) is 0 Å². The van der Waals surface area contributed by atoms with Crippen LogP contribution in [0, 0.1) is 6.92 Å². The molecule has 0 aromatic heterocycles. The Balaban J connectivity index is 0.000000980. The number of hydrogen-bond acceptors (Lipinski definition) is 0. The zero-order valence-corrected chi connectivity index (χ0v) is 9.20. The smallest absolute Gasteiger partial charge is 0.0155 e. The van der Waals surface area contributed by atoms with E-state index in [2.05, 4.69) is 55.5 Å². The molecule has 2 aromatic carbocycles. The van der Waals surface area contributed by atoms with Crippen molar-refractivity contribution >= 4 is 13.5 Å². The number of hydrogen-bond donors (Lipinski definition) is 0. The average molecular weight is 202 g/mol. The molecule has 0 fully saturated rings. The Kier molecular flexibility index (Phi) is 3.78. The number of rotatable bonds is 1. The second-order valence-electron chi connectivity index (χ2n) is 3.18. The maximum atomic E-state index is 2.16. The predicted octanol–water partition coefficient (Wildman–Crippen LogP) is 3.77. The summed E-state index contributed by atoms with van der Waals surface area (Å²) in [5.41, 5.74) is 3.94. The van der Waals surface area contributed by atoms with Crippen LogP contribution in [-0.4, -0.2) is 0 Å². The Morgan fingerprint density at radius 1 is 0.714 bits per heavy atom. The highest BCUT2D eigenvalue weighted by molar-refractivity contribution is 7.59. The summed E-state index contributed by atoms with van der Waals surface area (Å²) in [6, 6.07) is 18.9. The molecule has 0 heterocycles. The van der Waals surface area contributed by atoms with Gasteiger partial charge in [-0.15, -0.1) is 0 Å². The van der Waals surface area contributed by atoms with Gasteiger partial charge in [0, 0.05) is 0 Å². The minimum absolute atomic E-state index is 0. The zero-order valence-electron chi connectivity index (χ0n) is 8.20. The molecular weight excluding hydrogens is 188 g/mol. The van der Waals surface area contributed by atoms with Gasteiger partial charge in [0.25, 0.3) is 0 Å². The lowest BCUT2D eigenvalue weighted by atomic mass is 10.0. The van der Waals surface area contributed by atoms with Crippen LogP contribution < -0.4 is 0 Å². The van der Waals surface area contributed by atoms with Gasteiger partial charge >= 0.3 is 0 Å². The topological polar surface area (TPSA) is 0 Å². The molecule has 0 N–H and O–H groups in total. The monoisotopic (exact) mass is 202 g/mol. The minimum Gasteiger partial charge on any atom is -0.197 e. The van der Waals surface area contributed by atoms with Gasteiger partial charge in [0.05, 0.1) is 0 Å². The van der Waals surface area contributed by atoms with Crippen molar-refractivity contribution in [2.24, 2.45) is 0 Å². The molecule has 0 aliphatic rings. The molecule has 1 heteroatoms. The van der Waals surface area contributed by atoms with Gasteiger partial charge in [-0.3, -0.25) is 0 Å². The molecule has 0 amide bonds. The fourth-order valence-corrected chi connectivity index (χ4v) is 1.51. The second kappa shape index (κ2) is 4.87. The molecule has 0 spiro atoms. The third-order valence-corrected chi connectivity index (χ3v) is 2.23. The van der Waals surface area contributed by atoms with E-state index in [0.29, 0.717) is 0 Å². The Morgan fingerprint density at radius 2 is 1.29 bits per heavy atom. The second-order valence-corrected chi connectivity index (χ2v) is 3.18. The van der Waals surface area contributed by atoms with E-state index in [4.69, 9.17) is 0 Å². The molecule has 0 atom stereocenters. The first-order chi connectivity index (χ1) is 6.38. The summed E-state index contributed by atoms with van der Waals surface area (Å²) in [7, 11) is 0. The number of benzene rings is 2. The average Bonchev–Trinajstić information content (AvgIpc) is 2.20. The van der Waals surface area contributed by atoms with Crippen LogP contribution in [0.25, 0.3) is 11.1 Å². The van der Waals surface area contributed by atoms with Gasteiger partial charge in [-0.25, -0.2) is 0 Å². The normalized spacial score (nSPS) is 9.21. The summed E-state index contributed by atoms with van der Waals surface area (Å²) in [6.07, 6.45) is 0. The van der Waals surface area contributed by atoms with E-state index in [1.807, 2.05) is 6.07 Å². The molecule has 0 radical (unpaired) electrons. The standard InChI is InChI=1S/C13H12.H2S/c1-11-7-5-6-10-13(11)12-8-3-2-4-9-12;/h2-10H,1H3;1H2. The third-order valence-electron chi connectivity index (χ3n) is 2.23. The van der Waals surface area contributed by atoms with Crippen LogP contribution in [0.5, 0.6) is 0 Å². The van der Waals surface area contributed by atoms with E-state index >= 15 is 0 Å². The summed E-state index contributed by atoms with van der Waals surface area (Å²) in [5.74, 6) is 0. The van der Waals surface area contributed by atoms with E-state index in [9.17, 15) is 0 Å². The lowest BCUT2D eigenvalue weighted by Crippen LogP contribution is -1.80. The fourth-order valence-electron chi connectivity index (χ4n) is 1.51. The van der Waals surface area contributed by atoms with E-state index < -0.39 is 0 Å². The largest absolute Gasteiger partial charge is 0.197 e. The van der Waals surface area contributed by atoms with Gasteiger partial charge < -0.3 is 0 Å². The van der Waals surface area contributed by atoms with Crippen molar-refractivity contribution in [1.82, 2.24) is 0 Å². The zero-order chi connectivity index (χ0) is 9.10. The lowest BCUT2D eigenvalue weighted by Gasteiger charge is -2.04. The SMILES string of the molecule is Cc1ccccc1-c1ccccc1.S. The minimum atomic E-state index is 0. The summed E-state index contributed by atoms with van der Waals surface area (Å²) in [5, 5.41) is 0. The van der Waals surface area contributed by atoms with E-state index in [1.165, 1.54) is 16.7 Å². The first kappa shape index (κ1) is 10.9. The Labute approximate surface area is 92.0 Å². The Morgan fingerprint density at radius 3 is 1.93 bits per heavy atom. The summed E-state index contributed by atoms with van der Waals surface area (Å²) in [6.45, 7) is 2.14. The molecule has 0 nitrogen and oxygen atoms in total. The molecule has 0 saturated heterocycles. The maximum Gasteiger partial charge on any atom is -0.0155 e. The summed E-state index contributed by atoms with van der Waals surface area (Å²) >= 11 is 0. The first-order valence-corrected chi connectivity index (χ1v) is 4.49. The highest BCUT2D eigenvalue weighted by Gasteiger charge is 1.97. The van der Waals surface area contributed by atoms with Crippen LogP contribution in [0.3, 0.4) is 0 Å². The molecule has 72 valence electrons. The van der Waals surface area contributed by atoms with Gasteiger partial charge in [0.15, 0.2) is 0 Å². The quantitative estimate of drug-likeness (QED) is 0.660. The third kappa shape index (κ3) is 2.18. The van der Waals surface area contributed by atoms with Crippen LogP contribution in [0.4, 0.5) is 0 Å². The molecule has 0 bridgehead atoms. The van der Waals surface area contributed by atoms with Crippen molar-refractivity contribution in [3.05, 3.63) is 60.2 Å². The first-order valence-electron chi connectivity index (χ1n) is 4.49. The van der Waals surface area contributed by atoms with Crippen LogP contribution >= 0.6 is 13.5 Å². The molecule has 0 saturated carbocycles. The number of aryl methyl sites for hydroxylation is 1. The molecule has 0 unspecified atom stereocenters. The van der Waals surface area contributed by atoms with Crippen LogP contribution in [0.1, 0.15) is 5.56 Å². The van der Waals surface area contributed by atoms with Crippen molar-refractivity contribution in [3.8, 4) is 11.1 Å². The molecule has 14 heavy (non-hydrogen) atoms. The van der Waals surface area contributed by atoms with E-state index in [0.717, 1.165) is 0 Å². The highest BCUT2D eigenvalue weighted by atomic mass is 32.1. The van der Waals surface area contributed by atoms with E-state index in [1.54, 1.807) is 0 Å². The van der Waals surface area contributed by atoms with Gasteiger partial charge in [0.1, 0.15) is 0 Å². The molecular formula is C13H14S. The van der Waals surface area contributed by atoms with Crippen molar-refractivity contribution in [2.45, 2.75) is 6.92 Å². The highest BCUT2D eigenvalue weighted by Crippen LogP contribution is 2.21. The molecule has 0 aliphatic heterocycles. The maximum absolute atomic E-state index is 2.16. The molecule has 2 rings (SSSR count). The van der Waals surface area contributed by atoms with Crippen LogP contribution in [0.2, 0.25) is 0 Å². The van der Waals surface area contributed by atoms with Crippen molar-refractivity contribution in [2.75, 3.05) is 0 Å². The Hall–Kier alpha value is -1.21. The van der Waals surface area contributed by atoms with Gasteiger partial charge in [0.2, 0.25) is 0 Å². The molecule has 0 aliphatic carbocycles. The fraction of sp³-hybridized carbons (Fsp3) is 0.0769. The van der Waals surface area contributed by atoms with Gasteiger partial charge in [-0.05, 0) is 23.6 Å². The van der Waals surface area contributed by atoms with Gasteiger partial charge in [-0.1, -0.05) is 54.6 Å². The van der Waals surface area contributed by atoms with E-state index in [-0.39, 0.29) is 13.5 Å².